The smallest absolute Gasteiger partial charge is 0.321 e. The first kappa shape index (κ1) is 19.9. The Balaban J connectivity index is 1.60. The molecule has 1 saturated heterocycles. The zero-order valence-corrected chi connectivity index (χ0v) is 16.7. The van der Waals surface area contributed by atoms with E-state index in [4.69, 9.17) is 0 Å². The van der Waals surface area contributed by atoms with Crippen LogP contribution in [0.3, 0.4) is 0 Å². The summed E-state index contributed by atoms with van der Waals surface area (Å²) in [5.74, 6) is 0.406. The lowest BCUT2D eigenvalue weighted by molar-refractivity contribution is -0.120. The molecule has 1 atom stereocenters. The molecular weight excluding hydrogens is 350 g/mol. The highest BCUT2D eigenvalue weighted by Crippen LogP contribution is 2.28. The van der Waals surface area contributed by atoms with E-state index in [1.54, 1.807) is 7.05 Å². The number of anilines is 1. The predicted molar refractivity (Wildman–Crippen MR) is 113 cm³/mol. The minimum atomic E-state index is -0.0548. The zero-order chi connectivity index (χ0) is 19.9. The van der Waals surface area contributed by atoms with Gasteiger partial charge >= 0.3 is 6.03 Å². The number of carbonyl (C=O) groups excluding carboxylic acids is 2. The standard InChI is InChI=1S/C23H29N3O2/c1-17-6-3-8-19(14-17)20-9-5-13-26(16-20)23(28)25-21-10-4-7-18(15-21)11-12-22(27)24-2/h3-4,6-8,10,14-15,20H,5,9,11-13,16H2,1-2H3,(H,24,27)(H,25,28)/t20-/m1/s1. The number of amides is 3. The molecular formula is C23H29N3O2. The van der Waals surface area contributed by atoms with Gasteiger partial charge < -0.3 is 15.5 Å². The van der Waals surface area contributed by atoms with Gasteiger partial charge in [0.25, 0.3) is 0 Å². The molecule has 0 unspecified atom stereocenters. The molecule has 0 saturated carbocycles. The van der Waals surface area contributed by atoms with E-state index >= 15 is 0 Å². The van der Waals surface area contributed by atoms with Crippen molar-refractivity contribution in [2.24, 2.45) is 0 Å². The molecule has 0 radical (unpaired) electrons. The van der Waals surface area contributed by atoms with Crippen LogP contribution in [0.5, 0.6) is 0 Å². The quantitative estimate of drug-likeness (QED) is 0.822. The van der Waals surface area contributed by atoms with Gasteiger partial charge in [0.1, 0.15) is 0 Å². The van der Waals surface area contributed by atoms with Crippen molar-refractivity contribution in [1.29, 1.82) is 0 Å². The Morgan fingerprint density at radius 3 is 2.75 bits per heavy atom. The molecule has 1 aliphatic rings. The second-order valence-electron chi connectivity index (χ2n) is 7.50. The topological polar surface area (TPSA) is 61.4 Å². The Labute approximate surface area is 167 Å². The number of rotatable bonds is 5. The third kappa shape index (κ3) is 5.35. The Kier molecular flexibility index (Phi) is 6.69. The van der Waals surface area contributed by atoms with Gasteiger partial charge in [-0.1, -0.05) is 42.0 Å². The Bertz CT molecular complexity index is 834. The molecule has 2 N–H and O–H groups in total. The number of likely N-dealkylation sites (tertiary alicyclic amines) is 1. The molecule has 3 amide bonds. The average Bonchev–Trinajstić information content (AvgIpc) is 2.72. The number of piperidine rings is 1. The van der Waals surface area contributed by atoms with E-state index in [-0.39, 0.29) is 11.9 Å². The minimum absolute atomic E-state index is 0.0185. The van der Waals surface area contributed by atoms with Gasteiger partial charge in [0.2, 0.25) is 5.91 Å². The second-order valence-corrected chi connectivity index (χ2v) is 7.50. The van der Waals surface area contributed by atoms with Gasteiger partial charge in [0.15, 0.2) is 0 Å². The van der Waals surface area contributed by atoms with Gasteiger partial charge in [-0.3, -0.25) is 4.79 Å². The maximum atomic E-state index is 12.8. The van der Waals surface area contributed by atoms with Crippen molar-refractivity contribution in [2.45, 2.75) is 38.5 Å². The SMILES string of the molecule is CNC(=O)CCc1cccc(NC(=O)N2CCC[C@@H](c3cccc(C)c3)C2)c1. The maximum Gasteiger partial charge on any atom is 0.321 e. The van der Waals surface area contributed by atoms with Gasteiger partial charge in [0, 0.05) is 38.2 Å². The molecule has 28 heavy (non-hydrogen) atoms. The minimum Gasteiger partial charge on any atom is -0.359 e. The Morgan fingerprint density at radius 1 is 1.14 bits per heavy atom. The van der Waals surface area contributed by atoms with Crippen LogP contribution in [0.4, 0.5) is 10.5 Å². The number of urea groups is 1. The summed E-state index contributed by atoms with van der Waals surface area (Å²) < 4.78 is 0. The molecule has 0 spiro atoms. The van der Waals surface area contributed by atoms with Crippen molar-refractivity contribution in [3.05, 3.63) is 65.2 Å². The van der Waals surface area contributed by atoms with Crippen LogP contribution in [0.2, 0.25) is 0 Å². The number of hydrogen-bond acceptors (Lipinski definition) is 2. The van der Waals surface area contributed by atoms with Crippen molar-refractivity contribution in [1.82, 2.24) is 10.2 Å². The van der Waals surface area contributed by atoms with E-state index in [0.29, 0.717) is 18.8 Å². The van der Waals surface area contributed by atoms with E-state index in [9.17, 15) is 9.59 Å². The van der Waals surface area contributed by atoms with Gasteiger partial charge in [-0.2, -0.15) is 0 Å². The van der Waals surface area contributed by atoms with Gasteiger partial charge in [-0.05, 0) is 49.4 Å². The molecule has 2 aromatic carbocycles. The van der Waals surface area contributed by atoms with Gasteiger partial charge in [0.05, 0.1) is 0 Å². The molecule has 0 aromatic heterocycles. The third-order valence-electron chi connectivity index (χ3n) is 5.32. The third-order valence-corrected chi connectivity index (χ3v) is 5.32. The van der Waals surface area contributed by atoms with Crippen LogP contribution in [-0.2, 0) is 11.2 Å². The summed E-state index contributed by atoms with van der Waals surface area (Å²) >= 11 is 0. The summed E-state index contributed by atoms with van der Waals surface area (Å²) in [6.45, 7) is 3.63. The number of carbonyl (C=O) groups is 2. The molecule has 1 heterocycles. The van der Waals surface area contributed by atoms with E-state index in [0.717, 1.165) is 37.2 Å². The Morgan fingerprint density at radius 2 is 1.96 bits per heavy atom. The van der Waals surface area contributed by atoms with Crippen molar-refractivity contribution in [3.8, 4) is 0 Å². The number of aryl methyl sites for hydroxylation is 2. The molecule has 0 aliphatic carbocycles. The molecule has 148 valence electrons. The summed E-state index contributed by atoms with van der Waals surface area (Å²) in [6.07, 6.45) is 3.22. The van der Waals surface area contributed by atoms with Crippen LogP contribution in [0.15, 0.2) is 48.5 Å². The molecule has 5 nitrogen and oxygen atoms in total. The average molecular weight is 380 g/mol. The highest BCUT2D eigenvalue weighted by molar-refractivity contribution is 5.89. The van der Waals surface area contributed by atoms with Crippen molar-refractivity contribution in [2.75, 3.05) is 25.5 Å². The number of hydrogen-bond donors (Lipinski definition) is 2. The summed E-state index contributed by atoms with van der Waals surface area (Å²) in [5, 5.41) is 5.65. The van der Waals surface area contributed by atoms with Gasteiger partial charge in [-0.25, -0.2) is 4.79 Å². The summed E-state index contributed by atoms with van der Waals surface area (Å²) in [6, 6.07) is 16.3. The van der Waals surface area contributed by atoms with E-state index in [2.05, 4.69) is 41.8 Å². The second kappa shape index (κ2) is 9.40. The fraction of sp³-hybridized carbons (Fsp3) is 0.391. The van der Waals surface area contributed by atoms with Gasteiger partial charge in [-0.15, -0.1) is 0 Å². The number of nitrogens with zero attached hydrogens (tertiary/aromatic N) is 1. The van der Waals surface area contributed by atoms with Crippen LogP contribution in [0.1, 0.15) is 41.9 Å². The molecule has 3 rings (SSSR count). The maximum absolute atomic E-state index is 12.8. The lowest BCUT2D eigenvalue weighted by Gasteiger charge is -2.33. The van der Waals surface area contributed by atoms with Crippen LogP contribution in [0, 0.1) is 6.92 Å². The van der Waals surface area contributed by atoms with E-state index in [1.807, 2.05) is 29.2 Å². The molecule has 5 heteroatoms. The lowest BCUT2D eigenvalue weighted by atomic mass is 9.90. The largest absolute Gasteiger partial charge is 0.359 e. The van der Waals surface area contributed by atoms with Crippen LogP contribution in [-0.4, -0.2) is 37.0 Å². The van der Waals surface area contributed by atoms with E-state index in [1.165, 1.54) is 11.1 Å². The van der Waals surface area contributed by atoms with Crippen LogP contribution < -0.4 is 10.6 Å². The zero-order valence-electron chi connectivity index (χ0n) is 16.7. The highest BCUT2D eigenvalue weighted by Gasteiger charge is 2.24. The van der Waals surface area contributed by atoms with Crippen LogP contribution >= 0.6 is 0 Å². The highest BCUT2D eigenvalue weighted by atomic mass is 16.2. The first-order chi connectivity index (χ1) is 13.5. The van der Waals surface area contributed by atoms with Crippen molar-refractivity contribution in [3.63, 3.8) is 0 Å². The number of nitrogens with one attached hydrogen (secondary N) is 2. The van der Waals surface area contributed by atoms with Crippen molar-refractivity contribution >= 4 is 17.6 Å². The fourth-order valence-electron chi connectivity index (χ4n) is 3.75. The summed E-state index contributed by atoms with van der Waals surface area (Å²) in [4.78, 5) is 26.1. The Hall–Kier alpha value is -2.82. The first-order valence-corrected chi connectivity index (χ1v) is 9.97. The summed E-state index contributed by atoms with van der Waals surface area (Å²) in [5.41, 5.74) is 4.39. The van der Waals surface area contributed by atoms with E-state index < -0.39 is 0 Å². The monoisotopic (exact) mass is 379 g/mol. The first-order valence-electron chi connectivity index (χ1n) is 9.97. The molecule has 2 aromatic rings. The van der Waals surface area contributed by atoms with Crippen molar-refractivity contribution < 1.29 is 9.59 Å². The molecule has 1 aliphatic heterocycles. The lowest BCUT2D eigenvalue weighted by Crippen LogP contribution is -2.41. The predicted octanol–water partition coefficient (Wildman–Crippen LogP) is 4.09. The fourth-order valence-corrected chi connectivity index (χ4v) is 3.75. The van der Waals surface area contributed by atoms with Crippen LogP contribution in [0.25, 0.3) is 0 Å². The normalized spacial score (nSPS) is 16.5. The summed E-state index contributed by atoms with van der Waals surface area (Å²) in [7, 11) is 1.64. The number of benzene rings is 2. The molecule has 1 fully saturated rings. The molecule has 0 bridgehead atoms.